The Morgan fingerprint density at radius 2 is 1.95 bits per heavy atom. The molecule has 0 amide bonds. The third-order valence-electron chi connectivity index (χ3n) is 3.07. The van der Waals surface area contributed by atoms with Gasteiger partial charge in [-0.15, -0.1) is 23.1 Å². The highest BCUT2D eigenvalue weighted by molar-refractivity contribution is 7.98. The molecule has 0 saturated heterocycles. The van der Waals surface area contributed by atoms with Crippen molar-refractivity contribution in [3.05, 3.63) is 49.4 Å². The maximum atomic E-state index is 12.4. The fourth-order valence-corrected chi connectivity index (χ4v) is 3.49. The van der Waals surface area contributed by atoms with Crippen LogP contribution in [0.2, 0.25) is 0 Å². The van der Waals surface area contributed by atoms with Gasteiger partial charge in [0.2, 0.25) is 0 Å². The molecule has 0 atom stereocenters. The van der Waals surface area contributed by atoms with Crippen LogP contribution >= 0.6 is 23.1 Å². The zero-order chi connectivity index (χ0) is 16.1. The van der Waals surface area contributed by atoms with Crippen LogP contribution in [0.25, 0.3) is 11.6 Å². The highest BCUT2D eigenvalue weighted by atomic mass is 32.2. The van der Waals surface area contributed by atoms with Crippen LogP contribution < -0.4 is 14.8 Å². The first-order valence-electron chi connectivity index (χ1n) is 6.54. The normalized spacial score (nSPS) is 11.0. The molecular formula is C16H13N3OS2. The van der Waals surface area contributed by atoms with E-state index in [1.807, 2.05) is 49.6 Å². The van der Waals surface area contributed by atoms with Gasteiger partial charge in [0.25, 0.3) is 5.56 Å². The van der Waals surface area contributed by atoms with E-state index < -0.39 is 0 Å². The summed E-state index contributed by atoms with van der Waals surface area (Å²) < 4.78 is 2.41. The van der Waals surface area contributed by atoms with Gasteiger partial charge >= 0.3 is 0 Å². The summed E-state index contributed by atoms with van der Waals surface area (Å²) in [4.78, 5) is 13.5. The number of rotatable bonds is 3. The lowest BCUT2D eigenvalue weighted by atomic mass is 10.2. The van der Waals surface area contributed by atoms with E-state index in [2.05, 4.69) is 0 Å². The van der Waals surface area contributed by atoms with Gasteiger partial charge in [-0.1, -0.05) is 12.1 Å². The largest absolute Gasteiger partial charge is 0.298 e. The summed E-state index contributed by atoms with van der Waals surface area (Å²) in [6.45, 7) is 2.25. The first-order valence-corrected chi connectivity index (χ1v) is 8.58. The molecule has 0 unspecified atom stereocenters. The number of thioether (sulfide) groups is 1. The summed E-state index contributed by atoms with van der Waals surface area (Å²) in [5.41, 5.74) is 0.724. The first kappa shape index (κ1) is 16.1. The monoisotopic (exact) mass is 327 g/mol. The first-order chi connectivity index (χ1) is 10.6. The molecule has 1 heterocycles. The van der Waals surface area contributed by atoms with Crippen molar-refractivity contribution >= 4 is 34.7 Å². The molecule has 0 fully saturated rings. The lowest BCUT2D eigenvalue weighted by molar-refractivity contribution is 0.722. The summed E-state index contributed by atoms with van der Waals surface area (Å²) in [6, 6.07) is 11.6. The van der Waals surface area contributed by atoms with Gasteiger partial charge in [-0.2, -0.15) is 10.5 Å². The van der Waals surface area contributed by atoms with E-state index in [1.54, 1.807) is 17.8 Å². The summed E-state index contributed by atoms with van der Waals surface area (Å²) >= 11 is 2.83. The van der Waals surface area contributed by atoms with Crippen molar-refractivity contribution in [2.24, 2.45) is 0 Å². The van der Waals surface area contributed by atoms with Gasteiger partial charge in [0.05, 0.1) is 4.53 Å². The molecule has 22 heavy (non-hydrogen) atoms. The summed E-state index contributed by atoms with van der Waals surface area (Å²) in [5, 5.41) is 18.0. The van der Waals surface area contributed by atoms with Gasteiger partial charge in [-0.25, -0.2) is 0 Å². The predicted molar refractivity (Wildman–Crippen MR) is 89.9 cm³/mol. The molecule has 4 nitrogen and oxygen atoms in total. The van der Waals surface area contributed by atoms with Gasteiger partial charge in [0.1, 0.15) is 16.8 Å². The Hall–Kier alpha value is -2.28. The summed E-state index contributed by atoms with van der Waals surface area (Å²) in [7, 11) is 0. The Bertz CT molecular complexity index is 922. The standard InChI is InChI=1S/C16H13N3OS2/c1-3-19-15(20)14(22-16(19)12(9-17)10-18)8-11-4-6-13(21-2)7-5-11/h4-8H,3H2,1-2H3/b14-8+. The zero-order valence-corrected chi connectivity index (χ0v) is 13.8. The fraction of sp³-hybridized carbons (Fsp3) is 0.188. The van der Waals surface area contributed by atoms with Crippen molar-refractivity contribution in [2.75, 3.05) is 6.26 Å². The molecular weight excluding hydrogens is 314 g/mol. The average molecular weight is 327 g/mol. The smallest absolute Gasteiger partial charge is 0.269 e. The fourth-order valence-electron chi connectivity index (χ4n) is 1.96. The molecule has 0 aliphatic rings. The number of nitriles is 2. The number of nitrogens with zero attached hydrogens (tertiary/aromatic N) is 3. The Morgan fingerprint density at radius 3 is 2.45 bits per heavy atom. The minimum Gasteiger partial charge on any atom is -0.298 e. The van der Waals surface area contributed by atoms with E-state index in [0.717, 1.165) is 10.5 Å². The number of hydrogen-bond donors (Lipinski definition) is 0. The minimum absolute atomic E-state index is 0.0265. The molecule has 2 aromatic rings. The van der Waals surface area contributed by atoms with Gasteiger partial charge in [0.15, 0.2) is 5.57 Å². The van der Waals surface area contributed by atoms with Crippen LogP contribution in [0.3, 0.4) is 0 Å². The maximum Gasteiger partial charge on any atom is 0.269 e. The molecule has 0 bridgehead atoms. The van der Waals surface area contributed by atoms with Crippen molar-refractivity contribution in [3.8, 4) is 12.1 Å². The third-order valence-corrected chi connectivity index (χ3v) is 4.95. The van der Waals surface area contributed by atoms with Crippen molar-refractivity contribution in [3.63, 3.8) is 0 Å². The maximum absolute atomic E-state index is 12.4. The second-order valence-electron chi connectivity index (χ2n) is 4.34. The van der Waals surface area contributed by atoms with E-state index in [1.165, 1.54) is 15.9 Å². The minimum atomic E-state index is -0.167. The van der Waals surface area contributed by atoms with E-state index >= 15 is 0 Å². The van der Waals surface area contributed by atoms with Crippen LogP contribution in [-0.4, -0.2) is 10.8 Å². The van der Waals surface area contributed by atoms with Crippen molar-refractivity contribution in [1.82, 2.24) is 4.57 Å². The van der Waals surface area contributed by atoms with Gasteiger partial charge in [0, 0.05) is 11.4 Å². The van der Waals surface area contributed by atoms with Gasteiger partial charge in [-0.05, 0) is 37.0 Å². The Balaban J connectivity index is 2.70. The van der Waals surface area contributed by atoms with Crippen molar-refractivity contribution < 1.29 is 0 Å². The molecule has 6 heteroatoms. The molecule has 0 spiro atoms. The number of thiazole rings is 1. The summed E-state index contributed by atoms with van der Waals surface area (Å²) in [5.74, 6) is 0. The molecule has 1 aromatic heterocycles. The lowest BCUT2D eigenvalue weighted by Gasteiger charge is -1.95. The van der Waals surface area contributed by atoms with Crippen LogP contribution in [0, 0.1) is 22.7 Å². The molecule has 0 aliphatic heterocycles. The topological polar surface area (TPSA) is 69.6 Å². The van der Waals surface area contributed by atoms with Crippen LogP contribution in [0.15, 0.2) is 34.0 Å². The van der Waals surface area contributed by atoms with E-state index in [0.29, 0.717) is 15.7 Å². The van der Waals surface area contributed by atoms with Gasteiger partial charge in [-0.3, -0.25) is 9.36 Å². The zero-order valence-electron chi connectivity index (χ0n) is 12.2. The van der Waals surface area contributed by atoms with E-state index in [4.69, 9.17) is 10.5 Å². The molecule has 110 valence electrons. The molecule has 2 rings (SSSR count). The Morgan fingerprint density at radius 1 is 1.32 bits per heavy atom. The van der Waals surface area contributed by atoms with Crippen LogP contribution in [0.5, 0.6) is 0 Å². The highest BCUT2D eigenvalue weighted by Crippen LogP contribution is 2.14. The van der Waals surface area contributed by atoms with Crippen LogP contribution in [0.1, 0.15) is 12.5 Å². The van der Waals surface area contributed by atoms with Gasteiger partial charge < -0.3 is 0 Å². The quantitative estimate of drug-likeness (QED) is 0.804. The Labute approximate surface area is 136 Å². The second kappa shape index (κ2) is 7.13. The number of benzene rings is 1. The SMILES string of the molecule is CCn1c(=C(C#N)C#N)s/c(=C/c2ccc(SC)cc2)c1=O. The Kier molecular flexibility index (Phi) is 5.21. The van der Waals surface area contributed by atoms with Crippen molar-refractivity contribution in [2.45, 2.75) is 18.4 Å². The second-order valence-corrected chi connectivity index (χ2v) is 6.25. The molecule has 1 aromatic carbocycles. The third kappa shape index (κ3) is 3.14. The van der Waals surface area contributed by atoms with E-state index in [9.17, 15) is 4.79 Å². The van der Waals surface area contributed by atoms with Crippen LogP contribution in [-0.2, 0) is 6.54 Å². The van der Waals surface area contributed by atoms with Crippen LogP contribution in [0.4, 0.5) is 0 Å². The highest BCUT2D eigenvalue weighted by Gasteiger charge is 2.07. The predicted octanol–water partition coefficient (Wildman–Crippen LogP) is 1.68. The molecule has 0 N–H and O–H groups in total. The molecule has 0 saturated carbocycles. The average Bonchev–Trinajstić information content (AvgIpc) is 2.85. The lowest BCUT2D eigenvalue weighted by Crippen LogP contribution is -2.31. The van der Waals surface area contributed by atoms with E-state index in [-0.39, 0.29) is 11.1 Å². The molecule has 0 aliphatic carbocycles. The number of aromatic nitrogens is 1. The number of hydrogen-bond acceptors (Lipinski definition) is 5. The summed E-state index contributed by atoms with van der Waals surface area (Å²) in [6.07, 6.45) is 3.80. The molecule has 0 radical (unpaired) electrons. The van der Waals surface area contributed by atoms with Crippen molar-refractivity contribution in [1.29, 1.82) is 10.5 Å².